The topological polar surface area (TPSA) is 26.3 Å². The molecule has 0 N–H and O–H groups in total. The molecule has 0 amide bonds. The fourth-order valence-electron chi connectivity index (χ4n) is 0.700. The van der Waals surface area contributed by atoms with Gasteiger partial charge in [-0.25, -0.2) is 4.21 Å². The lowest BCUT2D eigenvalue weighted by atomic mass is 10.4. The minimum atomic E-state index is -1.50. The van der Waals surface area contributed by atoms with Crippen LogP contribution in [0.15, 0.2) is 23.1 Å². The molecular weight excluding hydrogens is 219 g/mol. The minimum Gasteiger partial charge on any atom is -0.290 e. The first-order valence-electron chi connectivity index (χ1n) is 3.06. The third-order valence-electron chi connectivity index (χ3n) is 1.22. The van der Waals surface area contributed by atoms with Crippen molar-refractivity contribution >= 4 is 34.3 Å². The van der Waals surface area contributed by atoms with Crippen LogP contribution in [0.3, 0.4) is 0 Å². The Balaban J connectivity index is 3.09. The molecule has 0 spiro atoms. The van der Waals surface area contributed by atoms with E-state index in [9.17, 15) is 4.21 Å². The van der Waals surface area contributed by atoms with Gasteiger partial charge in [-0.2, -0.15) is 0 Å². The molecule has 2 nitrogen and oxygen atoms in total. The summed E-state index contributed by atoms with van der Waals surface area (Å²) in [4.78, 5) is 0.434. The van der Waals surface area contributed by atoms with Crippen molar-refractivity contribution in [3.8, 4) is 0 Å². The van der Waals surface area contributed by atoms with Crippen molar-refractivity contribution < 1.29 is 8.39 Å². The van der Waals surface area contributed by atoms with E-state index in [1.54, 1.807) is 12.1 Å². The van der Waals surface area contributed by atoms with E-state index in [0.717, 1.165) is 0 Å². The van der Waals surface area contributed by atoms with E-state index < -0.39 is 11.1 Å². The Morgan fingerprint density at radius 3 is 2.58 bits per heavy atom. The van der Waals surface area contributed by atoms with E-state index in [-0.39, 0.29) is 0 Å². The van der Waals surface area contributed by atoms with Crippen LogP contribution in [0.25, 0.3) is 0 Å². The third-order valence-corrected chi connectivity index (χ3v) is 2.90. The van der Waals surface area contributed by atoms with E-state index in [2.05, 4.69) is 4.18 Å². The second-order valence-corrected chi connectivity index (χ2v) is 4.06. The van der Waals surface area contributed by atoms with Gasteiger partial charge in [-0.05, 0) is 18.2 Å². The second kappa shape index (κ2) is 4.23. The van der Waals surface area contributed by atoms with Gasteiger partial charge in [0.25, 0.3) is 0 Å². The monoisotopic (exact) mass is 224 g/mol. The molecule has 0 fully saturated rings. The van der Waals surface area contributed by atoms with Crippen molar-refractivity contribution in [3.05, 3.63) is 28.2 Å². The van der Waals surface area contributed by atoms with E-state index >= 15 is 0 Å². The summed E-state index contributed by atoms with van der Waals surface area (Å²) < 4.78 is 15.7. The molecule has 12 heavy (non-hydrogen) atoms. The molecule has 0 aromatic heterocycles. The molecule has 1 aromatic carbocycles. The molecule has 0 aliphatic carbocycles. The van der Waals surface area contributed by atoms with Crippen LogP contribution in [0.5, 0.6) is 0 Å². The van der Waals surface area contributed by atoms with Gasteiger partial charge in [0, 0.05) is 5.02 Å². The van der Waals surface area contributed by atoms with Crippen molar-refractivity contribution in [2.24, 2.45) is 0 Å². The number of rotatable bonds is 2. The molecule has 0 aliphatic heterocycles. The predicted molar refractivity (Wildman–Crippen MR) is 49.9 cm³/mol. The first-order valence-corrected chi connectivity index (χ1v) is 4.89. The Bertz CT molecular complexity index is 314. The highest BCUT2D eigenvalue weighted by atomic mass is 35.5. The summed E-state index contributed by atoms with van der Waals surface area (Å²) in [6.07, 6.45) is 0. The lowest BCUT2D eigenvalue weighted by Crippen LogP contribution is -1.93. The van der Waals surface area contributed by atoms with Crippen LogP contribution in [0.2, 0.25) is 10.0 Å². The van der Waals surface area contributed by atoms with E-state index in [1.807, 2.05) is 0 Å². The standard InChI is InChI=1S/C7H6Cl2O2S/c1-11-12(10)7-3-2-5(8)4-6(7)9/h2-4H,1H3. The smallest absolute Gasteiger partial charge is 0.190 e. The molecule has 66 valence electrons. The fourth-order valence-corrected chi connectivity index (χ4v) is 1.87. The Morgan fingerprint density at radius 1 is 1.42 bits per heavy atom. The highest BCUT2D eigenvalue weighted by Gasteiger charge is 2.07. The van der Waals surface area contributed by atoms with Gasteiger partial charge in [-0.15, -0.1) is 0 Å². The highest BCUT2D eigenvalue weighted by molar-refractivity contribution is 7.80. The molecular formula is C7H6Cl2O2S. The van der Waals surface area contributed by atoms with Crippen molar-refractivity contribution in [2.45, 2.75) is 4.90 Å². The van der Waals surface area contributed by atoms with Crippen molar-refractivity contribution in [1.29, 1.82) is 0 Å². The SMILES string of the molecule is COS(=O)c1ccc(Cl)cc1Cl. The van der Waals surface area contributed by atoms with Crippen LogP contribution in [-0.2, 0) is 15.3 Å². The van der Waals surface area contributed by atoms with Crippen LogP contribution in [0.1, 0.15) is 0 Å². The summed E-state index contributed by atoms with van der Waals surface area (Å²) >= 11 is 9.89. The minimum absolute atomic E-state index is 0.350. The molecule has 0 bridgehead atoms. The average molecular weight is 225 g/mol. The zero-order chi connectivity index (χ0) is 9.14. The Hall–Kier alpha value is -0.0900. The number of benzene rings is 1. The quantitative estimate of drug-likeness (QED) is 0.773. The van der Waals surface area contributed by atoms with E-state index in [0.29, 0.717) is 14.9 Å². The van der Waals surface area contributed by atoms with E-state index in [4.69, 9.17) is 23.2 Å². The normalized spacial score (nSPS) is 12.9. The maximum absolute atomic E-state index is 11.1. The molecule has 5 heteroatoms. The molecule has 0 heterocycles. The molecule has 0 saturated heterocycles. The third kappa shape index (κ3) is 2.20. The second-order valence-electron chi connectivity index (χ2n) is 1.98. The number of halogens is 2. The fraction of sp³-hybridized carbons (Fsp3) is 0.143. The van der Waals surface area contributed by atoms with Crippen LogP contribution in [0, 0.1) is 0 Å². The summed E-state index contributed by atoms with van der Waals surface area (Å²) in [5.41, 5.74) is 0. The number of hydrogen-bond donors (Lipinski definition) is 0. The molecule has 1 unspecified atom stereocenters. The highest BCUT2D eigenvalue weighted by Crippen LogP contribution is 2.23. The van der Waals surface area contributed by atoms with Crippen molar-refractivity contribution in [2.75, 3.05) is 7.11 Å². The first-order chi connectivity index (χ1) is 5.65. The molecule has 0 radical (unpaired) electrons. The lowest BCUT2D eigenvalue weighted by molar-refractivity contribution is 0.446. The van der Waals surface area contributed by atoms with Gasteiger partial charge in [-0.1, -0.05) is 23.2 Å². The van der Waals surface area contributed by atoms with E-state index in [1.165, 1.54) is 13.2 Å². The maximum Gasteiger partial charge on any atom is 0.190 e. The van der Waals surface area contributed by atoms with Crippen molar-refractivity contribution in [1.82, 2.24) is 0 Å². The summed E-state index contributed by atoms with van der Waals surface area (Å²) in [6.45, 7) is 0. The Kier molecular flexibility index (Phi) is 3.53. The largest absolute Gasteiger partial charge is 0.290 e. The molecule has 1 aromatic rings. The zero-order valence-corrected chi connectivity index (χ0v) is 8.54. The van der Waals surface area contributed by atoms with Gasteiger partial charge in [0.05, 0.1) is 17.0 Å². The summed E-state index contributed by atoms with van der Waals surface area (Å²) in [7, 11) is 1.35. The first kappa shape index (κ1) is 9.99. The number of hydrogen-bond acceptors (Lipinski definition) is 2. The lowest BCUT2D eigenvalue weighted by Gasteiger charge is -2.01. The average Bonchev–Trinajstić information content (AvgIpc) is 2.03. The van der Waals surface area contributed by atoms with Crippen LogP contribution in [-0.4, -0.2) is 11.3 Å². The Morgan fingerprint density at radius 2 is 2.08 bits per heavy atom. The van der Waals surface area contributed by atoms with Gasteiger partial charge in [-0.3, -0.25) is 4.18 Å². The van der Waals surface area contributed by atoms with Crippen LogP contribution >= 0.6 is 23.2 Å². The maximum atomic E-state index is 11.1. The molecule has 1 rings (SSSR count). The van der Waals surface area contributed by atoms with Gasteiger partial charge in [0.1, 0.15) is 0 Å². The van der Waals surface area contributed by atoms with Gasteiger partial charge >= 0.3 is 0 Å². The molecule has 1 atom stereocenters. The van der Waals surface area contributed by atoms with Gasteiger partial charge < -0.3 is 0 Å². The molecule has 0 aliphatic rings. The van der Waals surface area contributed by atoms with Crippen molar-refractivity contribution in [3.63, 3.8) is 0 Å². The predicted octanol–water partition coefficient (Wildman–Crippen LogP) is 2.66. The van der Waals surface area contributed by atoms with Gasteiger partial charge in [0.15, 0.2) is 11.1 Å². The molecule has 0 saturated carbocycles. The summed E-state index contributed by atoms with van der Waals surface area (Å²) in [5.74, 6) is 0. The summed E-state index contributed by atoms with van der Waals surface area (Å²) in [5, 5.41) is 0.861. The summed E-state index contributed by atoms with van der Waals surface area (Å²) in [6, 6.07) is 4.71. The zero-order valence-electron chi connectivity index (χ0n) is 6.21. The van der Waals surface area contributed by atoms with Crippen LogP contribution < -0.4 is 0 Å². The van der Waals surface area contributed by atoms with Crippen LogP contribution in [0.4, 0.5) is 0 Å². The van der Waals surface area contributed by atoms with Gasteiger partial charge in [0.2, 0.25) is 0 Å². The Labute approximate surface area is 83.1 Å².